The average Bonchev–Trinajstić information content (AvgIpc) is 2.70. The second kappa shape index (κ2) is 8.21. The van der Waals surface area contributed by atoms with Crippen molar-refractivity contribution in [3.05, 3.63) is 52.6 Å². The Morgan fingerprint density at radius 3 is 2.79 bits per heavy atom. The first-order valence-electron chi connectivity index (χ1n) is 10.2. The van der Waals surface area contributed by atoms with E-state index >= 15 is 0 Å². The number of anilines is 3. The first kappa shape index (κ1) is 19.4. The van der Waals surface area contributed by atoms with Crippen molar-refractivity contribution in [3.63, 3.8) is 0 Å². The minimum absolute atomic E-state index is 0.0782. The van der Waals surface area contributed by atoms with Crippen LogP contribution in [-0.4, -0.2) is 31.8 Å². The molecular formula is C22H27N5O2. The lowest BCUT2D eigenvalue weighted by atomic mass is 9.92. The highest BCUT2D eigenvalue weighted by atomic mass is 16.3. The van der Waals surface area contributed by atoms with E-state index in [1.54, 1.807) is 17.0 Å². The summed E-state index contributed by atoms with van der Waals surface area (Å²) in [6.07, 6.45) is 6.81. The number of nitrogens with one attached hydrogen (secondary N) is 2. The van der Waals surface area contributed by atoms with E-state index in [1.807, 2.05) is 38.1 Å². The number of rotatable bonds is 5. The number of hydrogen-bond acceptors (Lipinski definition) is 6. The molecule has 29 heavy (non-hydrogen) atoms. The molecule has 0 spiro atoms. The van der Waals surface area contributed by atoms with Gasteiger partial charge in [0.05, 0.1) is 17.5 Å². The van der Waals surface area contributed by atoms with Crippen LogP contribution < -0.4 is 16.2 Å². The lowest BCUT2D eigenvalue weighted by Gasteiger charge is -2.29. The fourth-order valence-electron chi connectivity index (χ4n) is 3.91. The Balaban J connectivity index is 1.79. The Kier molecular flexibility index (Phi) is 5.49. The third-order valence-corrected chi connectivity index (χ3v) is 5.52. The van der Waals surface area contributed by atoms with E-state index in [0.717, 1.165) is 36.6 Å². The van der Waals surface area contributed by atoms with Crippen LogP contribution >= 0.6 is 0 Å². The molecule has 2 atom stereocenters. The van der Waals surface area contributed by atoms with E-state index in [-0.39, 0.29) is 11.6 Å². The molecule has 0 amide bonds. The predicted molar refractivity (Wildman–Crippen MR) is 116 cm³/mol. The van der Waals surface area contributed by atoms with Crippen molar-refractivity contribution in [2.24, 2.45) is 0 Å². The van der Waals surface area contributed by atoms with Crippen LogP contribution in [0.4, 0.5) is 17.5 Å². The van der Waals surface area contributed by atoms with Crippen molar-refractivity contribution in [2.75, 3.05) is 10.6 Å². The van der Waals surface area contributed by atoms with Gasteiger partial charge in [0, 0.05) is 18.9 Å². The fourth-order valence-corrected chi connectivity index (χ4v) is 3.91. The second-order valence-electron chi connectivity index (χ2n) is 7.67. The van der Waals surface area contributed by atoms with E-state index in [2.05, 4.69) is 15.6 Å². The van der Waals surface area contributed by atoms with Gasteiger partial charge in [-0.25, -0.2) is 9.97 Å². The molecule has 1 saturated carbocycles. The maximum atomic E-state index is 13.0. The number of fused-ring (bicyclic) bond motifs is 1. The molecule has 3 N–H and O–H groups in total. The van der Waals surface area contributed by atoms with Crippen LogP contribution in [0.5, 0.6) is 0 Å². The van der Waals surface area contributed by atoms with Crippen LogP contribution in [0.25, 0.3) is 10.8 Å². The molecular weight excluding hydrogens is 366 g/mol. The molecule has 0 saturated heterocycles. The standard InChI is InChI=1S/C22H27N5O2/c1-3-27-11-9-15-13-19(25-18-12-14(2)8-10-23-18)26-21(20(15)22(27)29)24-16-6-4-5-7-17(16)28/h8-13,16-17,28H,3-7H2,1-2H3,(H2,23,24,25,26)/t16-,17-/m0/s1. The number of aliphatic hydroxyl groups is 1. The highest BCUT2D eigenvalue weighted by molar-refractivity contribution is 5.93. The number of aryl methyl sites for hydroxylation is 2. The molecule has 4 rings (SSSR count). The zero-order valence-electron chi connectivity index (χ0n) is 16.9. The Bertz CT molecular complexity index is 1080. The quantitative estimate of drug-likeness (QED) is 0.614. The first-order valence-corrected chi connectivity index (χ1v) is 10.2. The lowest BCUT2D eigenvalue weighted by Crippen LogP contribution is -2.37. The van der Waals surface area contributed by atoms with E-state index in [1.165, 1.54) is 0 Å². The third kappa shape index (κ3) is 4.10. The van der Waals surface area contributed by atoms with Gasteiger partial charge in [-0.05, 0) is 61.9 Å². The van der Waals surface area contributed by atoms with E-state index < -0.39 is 6.10 Å². The van der Waals surface area contributed by atoms with Gasteiger partial charge in [-0.3, -0.25) is 4.79 Å². The smallest absolute Gasteiger partial charge is 0.262 e. The summed E-state index contributed by atoms with van der Waals surface area (Å²) in [5, 5.41) is 18.4. The molecule has 1 aliphatic carbocycles. The molecule has 3 aromatic heterocycles. The topological polar surface area (TPSA) is 92.1 Å². The van der Waals surface area contributed by atoms with Crippen molar-refractivity contribution in [1.82, 2.24) is 14.5 Å². The Morgan fingerprint density at radius 2 is 2.03 bits per heavy atom. The van der Waals surface area contributed by atoms with Gasteiger partial charge in [0.15, 0.2) is 0 Å². The molecule has 0 bridgehead atoms. The van der Waals surface area contributed by atoms with E-state index in [0.29, 0.717) is 29.4 Å². The Morgan fingerprint density at radius 1 is 1.21 bits per heavy atom. The highest BCUT2D eigenvalue weighted by Crippen LogP contribution is 2.27. The van der Waals surface area contributed by atoms with Crippen molar-refractivity contribution < 1.29 is 5.11 Å². The van der Waals surface area contributed by atoms with Crippen LogP contribution in [0.15, 0.2) is 41.5 Å². The summed E-state index contributed by atoms with van der Waals surface area (Å²) in [6.45, 7) is 4.54. The van der Waals surface area contributed by atoms with Gasteiger partial charge in [0.2, 0.25) is 0 Å². The van der Waals surface area contributed by atoms with Crippen molar-refractivity contribution >= 4 is 28.2 Å². The zero-order chi connectivity index (χ0) is 20.4. The molecule has 3 aromatic rings. The van der Waals surface area contributed by atoms with Gasteiger partial charge in [-0.15, -0.1) is 0 Å². The van der Waals surface area contributed by atoms with Gasteiger partial charge in [-0.1, -0.05) is 12.8 Å². The molecule has 1 aliphatic rings. The third-order valence-electron chi connectivity index (χ3n) is 5.52. The molecule has 3 heterocycles. The summed E-state index contributed by atoms with van der Waals surface area (Å²) in [4.78, 5) is 22.0. The van der Waals surface area contributed by atoms with Crippen molar-refractivity contribution in [3.8, 4) is 0 Å². The van der Waals surface area contributed by atoms with Gasteiger partial charge in [0.1, 0.15) is 17.5 Å². The normalized spacial score (nSPS) is 19.3. The predicted octanol–water partition coefficient (Wildman–Crippen LogP) is 3.58. The SMILES string of the molecule is CCn1ccc2cc(Nc3cc(C)ccn3)nc(N[C@H]3CCCC[C@@H]3O)c2c1=O. The summed E-state index contributed by atoms with van der Waals surface area (Å²) in [5.41, 5.74) is 1.02. The minimum atomic E-state index is -0.437. The monoisotopic (exact) mass is 393 g/mol. The summed E-state index contributed by atoms with van der Waals surface area (Å²) in [5.74, 6) is 1.82. The molecule has 152 valence electrons. The van der Waals surface area contributed by atoms with Crippen LogP contribution in [0.1, 0.15) is 38.2 Å². The Hall–Kier alpha value is -2.93. The van der Waals surface area contributed by atoms with Crippen molar-refractivity contribution in [2.45, 2.75) is 58.2 Å². The average molecular weight is 393 g/mol. The molecule has 7 heteroatoms. The molecule has 7 nitrogen and oxygen atoms in total. The summed E-state index contributed by atoms with van der Waals surface area (Å²) in [6, 6.07) is 7.56. The largest absolute Gasteiger partial charge is 0.391 e. The fraction of sp³-hybridized carbons (Fsp3) is 0.409. The van der Waals surface area contributed by atoms with Crippen LogP contribution in [0, 0.1) is 6.92 Å². The maximum Gasteiger partial charge on any atom is 0.262 e. The molecule has 0 unspecified atom stereocenters. The van der Waals surface area contributed by atoms with Gasteiger partial charge in [-0.2, -0.15) is 0 Å². The summed E-state index contributed by atoms with van der Waals surface area (Å²) in [7, 11) is 0. The van der Waals surface area contributed by atoms with Crippen molar-refractivity contribution in [1.29, 1.82) is 0 Å². The molecule has 0 aromatic carbocycles. The maximum absolute atomic E-state index is 13.0. The second-order valence-corrected chi connectivity index (χ2v) is 7.67. The van der Waals surface area contributed by atoms with E-state index in [9.17, 15) is 9.90 Å². The Labute approximate surface area is 169 Å². The number of aromatic nitrogens is 3. The summed E-state index contributed by atoms with van der Waals surface area (Å²) >= 11 is 0. The van der Waals surface area contributed by atoms with E-state index in [4.69, 9.17) is 4.98 Å². The lowest BCUT2D eigenvalue weighted by molar-refractivity contribution is 0.116. The molecule has 1 fully saturated rings. The number of nitrogens with zero attached hydrogens (tertiary/aromatic N) is 3. The molecule has 0 aliphatic heterocycles. The highest BCUT2D eigenvalue weighted by Gasteiger charge is 2.24. The van der Waals surface area contributed by atoms with Gasteiger partial charge >= 0.3 is 0 Å². The van der Waals surface area contributed by atoms with Gasteiger partial charge < -0.3 is 20.3 Å². The number of pyridine rings is 3. The minimum Gasteiger partial charge on any atom is -0.391 e. The van der Waals surface area contributed by atoms with Gasteiger partial charge in [0.25, 0.3) is 5.56 Å². The van der Waals surface area contributed by atoms with Crippen LogP contribution in [-0.2, 0) is 6.54 Å². The van der Waals surface area contributed by atoms with Crippen LogP contribution in [0.3, 0.4) is 0 Å². The van der Waals surface area contributed by atoms with Crippen LogP contribution in [0.2, 0.25) is 0 Å². The summed E-state index contributed by atoms with van der Waals surface area (Å²) < 4.78 is 1.67. The number of aliphatic hydroxyl groups excluding tert-OH is 1. The first-order chi connectivity index (χ1) is 14.0. The molecule has 0 radical (unpaired) electrons. The zero-order valence-corrected chi connectivity index (χ0v) is 16.9. The number of hydrogen-bond donors (Lipinski definition) is 3.